The third kappa shape index (κ3) is 2.94. The van der Waals surface area contributed by atoms with Crippen molar-refractivity contribution in [1.82, 2.24) is 10.4 Å². The molecule has 1 aliphatic rings. The van der Waals surface area contributed by atoms with Crippen LogP contribution in [0.25, 0.3) is 0 Å². The molecule has 2 aromatic rings. The zero-order chi connectivity index (χ0) is 18.1. The summed E-state index contributed by atoms with van der Waals surface area (Å²) in [5.41, 5.74) is 3.08. The normalized spacial score (nSPS) is 19.3. The summed E-state index contributed by atoms with van der Waals surface area (Å²) in [6.07, 6.45) is 0. The molecule has 0 aliphatic carbocycles. The van der Waals surface area contributed by atoms with E-state index in [9.17, 15) is 19.8 Å². The number of phenolic OH excluding ortho intramolecular Hbond substituents is 2. The zero-order valence-corrected chi connectivity index (χ0v) is 13.9. The number of benzene rings is 2. The van der Waals surface area contributed by atoms with Crippen LogP contribution in [0.4, 0.5) is 0 Å². The molecule has 1 heterocycles. The molecule has 1 fully saturated rings. The van der Waals surface area contributed by atoms with E-state index in [0.717, 1.165) is 5.01 Å². The molecule has 2 aromatic carbocycles. The van der Waals surface area contributed by atoms with Crippen molar-refractivity contribution in [1.29, 1.82) is 0 Å². The molecule has 0 radical (unpaired) electrons. The predicted molar refractivity (Wildman–Crippen MR) is 89.5 cm³/mol. The third-order valence-corrected chi connectivity index (χ3v) is 4.37. The van der Waals surface area contributed by atoms with Crippen molar-refractivity contribution >= 4 is 23.4 Å². The highest BCUT2D eigenvalue weighted by molar-refractivity contribution is 6.33. The Kier molecular flexibility index (Phi) is 4.41. The number of para-hydroxylation sites is 1. The Morgan fingerprint density at radius 3 is 2.60 bits per heavy atom. The smallest absolute Gasteiger partial charge is 0.273 e. The van der Waals surface area contributed by atoms with Crippen LogP contribution in [0.3, 0.4) is 0 Å². The van der Waals surface area contributed by atoms with E-state index in [0.29, 0.717) is 5.56 Å². The van der Waals surface area contributed by atoms with E-state index in [-0.39, 0.29) is 22.8 Å². The van der Waals surface area contributed by atoms with Crippen molar-refractivity contribution in [2.45, 2.75) is 11.4 Å². The van der Waals surface area contributed by atoms with E-state index in [4.69, 9.17) is 16.3 Å². The Bertz CT molecular complexity index is 842. The minimum atomic E-state index is -0.862. The van der Waals surface area contributed by atoms with Gasteiger partial charge in [-0.15, -0.1) is 11.6 Å². The molecule has 3 N–H and O–H groups in total. The summed E-state index contributed by atoms with van der Waals surface area (Å²) in [6, 6.07) is 9.91. The van der Waals surface area contributed by atoms with E-state index in [1.807, 2.05) is 0 Å². The molecule has 1 aliphatic heterocycles. The molecule has 2 atom stereocenters. The fraction of sp³-hybridized carbons (Fsp3) is 0.176. The number of amides is 2. The lowest BCUT2D eigenvalue weighted by molar-refractivity contribution is -0.149. The molecule has 2 amide bonds. The number of halogens is 1. The summed E-state index contributed by atoms with van der Waals surface area (Å²) >= 11 is 6.10. The highest BCUT2D eigenvalue weighted by atomic mass is 35.5. The average molecular weight is 363 g/mol. The second-order valence-corrected chi connectivity index (χ2v) is 5.91. The molecule has 25 heavy (non-hydrogen) atoms. The fourth-order valence-corrected chi connectivity index (χ4v) is 2.97. The lowest BCUT2D eigenvalue weighted by atomic mass is 9.95. The van der Waals surface area contributed by atoms with Crippen LogP contribution in [-0.2, 0) is 4.79 Å². The minimum absolute atomic E-state index is 0.0374. The van der Waals surface area contributed by atoms with Gasteiger partial charge in [0.2, 0.25) is 0 Å². The van der Waals surface area contributed by atoms with Gasteiger partial charge in [0.15, 0.2) is 11.5 Å². The van der Waals surface area contributed by atoms with Gasteiger partial charge in [0.05, 0.1) is 12.7 Å². The first kappa shape index (κ1) is 16.9. The highest BCUT2D eigenvalue weighted by Crippen LogP contribution is 2.40. The van der Waals surface area contributed by atoms with Crippen LogP contribution < -0.4 is 10.2 Å². The number of hydrazine groups is 1. The van der Waals surface area contributed by atoms with Crippen molar-refractivity contribution in [3.05, 3.63) is 53.6 Å². The van der Waals surface area contributed by atoms with Crippen molar-refractivity contribution in [3.63, 3.8) is 0 Å². The molecule has 130 valence electrons. The summed E-state index contributed by atoms with van der Waals surface area (Å²) in [5, 5.41) is 19.7. The van der Waals surface area contributed by atoms with E-state index in [2.05, 4.69) is 5.43 Å². The molecule has 8 heteroatoms. The topological polar surface area (TPSA) is 99.1 Å². The van der Waals surface area contributed by atoms with Gasteiger partial charge in [-0.25, -0.2) is 5.01 Å². The van der Waals surface area contributed by atoms with Gasteiger partial charge in [-0.2, -0.15) is 0 Å². The first-order valence-electron chi connectivity index (χ1n) is 7.37. The number of nitrogens with one attached hydrogen (secondary N) is 1. The van der Waals surface area contributed by atoms with Crippen LogP contribution in [-0.4, -0.2) is 39.5 Å². The monoisotopic (exact) mass is 362 g/mol. The molecular formula is C17H15ClN2O5. The zero-order valence-electron chi connectivity index (χ0n) is 13.1. The summed E-state index contributed by atoms with van der Waals surface area (Å²) < 4.78 is 5.05. The van der Waals surface area contributed by atoms with Crippen LogP contribution in [0.5, 0.6) is 17.2 Å². The number of phenols is 2. The summed E-state index contributed by atoms with van der Waals surface area (Å²) in [7, 11) is 1.40. The molecule has 3 rings (SSSR count). The van der Waals surface area contributed by atoms with Gasteiger partial charge < -0.3 is 14.9 Å². The Morgan fingerprint density at radius 2 is 1.92 bits per heavy atom. The van der Waals surface area contributed by atoms with Crippen LogP contribution in [0, 0.1) is 0 Å². The second-order valence-electron chi connectivity index (χ2n) is 5.44. The van der Waals surface area contributed by atoms with Crippen molar-refractivity contribution < 1.29 is 24.5 Å². The Morgan fingerprint density at radius 1 is 1.20 bits per heavy atom. The predicted octanol–water partition coefficient (Wildman–Crippen LogP) is 1.94. The summed E-state index contributed by atoms with van der Waals surface area (Å²) in [5.74, 6) is -1.12. The fourth-order valence-electron chi connectivity index (χ4n) is 2.61. The lowest BCUT2D eigenvalue weighted by Gasteiger charge is -2.44. The number of β-lactam (4-membered cyclic amide) rings is 1. The van der Waals surface area contributed by atoms with Gasteiger partial charge in [-0.05, 0) is 29.8 Å². The molecule has 0 saturated carbocycles. The van der Waals surface area contributed by atoms with E-state index in [1.54, 1.807) is 24.3 Å². The first-order valence-corrected chi connectivity index (χ1v) is 7.80. The molecular weight excluding hydrogens is 348 g/mol. The average Bonchev–Trinajstić information content (AvgIpc) is 2.62. The number of carbonyl (C=O) groups excluding carboxylic acids is 2. The summed E-state index contributed by atoms with van der Waals surface area (Å²) in [6.45, 7) is 0. The van der Waals surface area contributed by atoms with Gasteiger partial charge in [0.25, 0.3) is 11.8 Å². The summed E-state index contributed by atoms with van der Waals surface area (Å²) in [4.78, 5) is 24.4. The van der Waals surface area contributed by atoms with Crippen LogP contribution >= 0.6 is 11.6 Å². The maximum atomic E-state index is 12.3. The Hall–Kier alpha value is -2.93. The second kappa shape index (κ2) is 6.52. The van der Waals surface area contributed by atoms with Crippen molar-refractivity contribution in [3.8, 4) is 17.2 Å². The number of methoxy groups -OCH3 is 1. The van der Waals surface area contributed by atoms with Crippen LogP contribution in [0.15, 0.2) is 42.5 Å². The first-order chi connectivity index (χ1) is 11.9. The number of hydrogen-bond donors (Lipinski definition) is 3. The molecule has 0 unspecified atom stereocenters. The van der Waals surface area contributed by atoms with Gasteiger partial charge in [0, 0.05) is 0 Å². The number of carbonyl (C=O) groups is 2. The molecule has 7 nitrogen and oxygen atoms in total. The maximum Gasteiger partial charge on any atom is 0.273 e. The Balaban J connectivity index is 1.84. The van der Waals surface area contributed by atoms with Gasteiger partial charge in [-0.1, -0.05) is 18.2 Å². The SMILES string of the molecule is COc1cc([C@H]2[C@H](Cl)C(=O)N2NC(=O)c2ccccc2O)ccc1O. The van der Waals surface area contributed by atoms with E-state index in [1.165, 1.54) is 25.3 Å². The van der Waals surface area contributed by atoms with Gasteiger partial charge in [-0.3, -0.25) is 15.0 Å². The maximum absolute atomic E-state index is 12.3. The number of hydrogen-bond acceptors (Lipinski definition) is 5. The third-order valence-electron chi connectivity index (χ3n) is 3.94. The lowest BCUT2D eigenvalue weighted by Crippen LogP contribution is -2.63. The number of rotatable bonds is 4. The van der Waals surface area contributed by atoms with Crippen molar-refractivity contribution in [2.75, 3.05) is 7.11 Å². The number of aromatic hydroxyl groups is 2. The standard InChI is InChI=1S/C17H15ClN2O5/c1-25-13-8-9(6-7-12(13)22)15-14(18)17(24)20(15)19-16(23)10-4-2-3-5-11(10)21/h2-8,14-15,21-22H,1H3,(H,19,23)/t14-,15-/m0/s1. The van der Waals surface area contributed by atoms with Gasteiger partial charge in [0.1, 0.15) is 17.2 Å². The van der Waals surface area contributed by atoms with Crippen LogP contribution in [0.2, 0.25) is 0 Å². The Labute approximate surface area is 148 Å². The van der Waals surface area contributed by atoms with Gasteiger partial charge >= 0.3 is 0 Å². The number of alkyl halides is 1. The largest absolute Gasteiger partial charge is 0.507 e. The van der Waals surface area contributed by atoms with E-state index >= 15 is 0 Å². The van der Waals surface area contributed by atoms with Crippen molar-refractivity contribution in [2.24, 2.45) is 0 Å². The molecule has 0 spiro atoms. The number of ether oxygens (including phenoxy) is 1. The quantitative estimate of drug-likeness (QED) is 0.570. The highest BCUT2D eigenvalue weighted by Gasteiger charge is 2.48. The molecule has 0 aromatic heterocycles. The minimum Gasteiger partial charge on any atom is -0.507 e. The molecule has 1 saturated heterocycles. The molecule has 0 bridgehead atoms. The number of nitrogens with zero attached hydrogens (tertiary/aromatic N) is 1. The van der Waals surface area contributed by atoms with Crippen LogP contribution in [0.1, 0.15) is 22.0 Å². The van der Waals surface area contributed by atoms with E-state index < -0.39 is 23.2 Å².